The topological polar surface area (TPSA) is 79.0 Å². The molecular weight excluding hydrogens is 316 g/mol. The first kappa shape index (κ1) is 16.0. The van der Waals surface area contributed by atoms with Crippen LogP contribution < -0.4 is 10.6 Å². The molecule has 0 saturated carbocycles. The molecule has 7 heteroatoms. The Morgan fingerprint density at radius 2 is 2.22 bits per heavy atom. The monoisotopic (exact) mass is 334 g/mol. The summed E-state index contributed by atoms with van der Waals surface area (Å²) in [5.74, 6) is -0.0260. The van der Waals surface area contributed by atoms with E-state index in [1.165, 1.54) is 0 Å². The van der Waals surface area contributed by atoms with Gasteiger partial charge in [-0.2, -0.15) is 5.10 Å². The van der Waals surface area contributed by atoms with Crippen molar-refractivity contribution in [2.24, 2.45) is 0 Å². The maximum absolute atomic E-state index is 12.0. The molecule has 1 atom stereocenters. The van der Waals surface area contributed by atoms with Crippen LogP contribution in [-0.4, -0.2) is 41.9 Å². The Kier molecular flexibility index (Phi) is 5.27. The number of hydrogen-bond acceptors (Lipinski definition) is 4. The molecule has 0 aliphatic carbocycles. The van der Waals surface area contributed by atoms with Crippen molar-refractivity contribution in [1.82, 2.24) is 20.8 Å². The SMILES string of the molecule is O=C(C[C@H]1CNCCO1)NCc1cn[nH]c1-c1ccc(Cl)cc1. The maximum Gasteiger partial charge on any atom is 0.222 e. The fraction of sp³-hybridized carbons (Fsp3) is 0.375. The van der Waals surface area contributed by atoms with E-state index >= 15 is 0 Å². The van der Waals surface area contributed by atoms with Crippen LogP contribution in [0.25, 0.3) is 11.3 Å². The Balaban J connectivity index is 1.57. The second-order valence-electron chi connectivity index (χ2n) is 5.45. The summed E-state index contributed by atoms with van der Waals surface area (Å²) in [4.78, 5) is 12.0. The molecule has 122 valence electrons. The highest BCUT2D eigenvalue weighted by molar-refractivity contribution is 6.30. The molecule has 0 bridgehead atoms. The molecule has 0 spiro atoms. The Hall–Kier alpha value is -1.89. The minimum Gasteiger partial charge on any atom is -0.375 e. The standard InChI is InChI=1S/C16H19ClN4O2/c17-13-3-1-11(2-4-13)16-12(9-20-21-16)8-19-15(22)7-14-10-18-5-6-23-14/h1-4,9,14,18H,5-8,10H2,(H,19,22)(H,20,21)/t14-/m0/s1. The van der Waals surface area contributed by atoms with Gasteiger partial charge < -0.3 is 15.4 Å². The van der Waals surface area contributed by atoms with Gasteiger partial charge in [-0.05, 0) is 17.7 Å². The average molecular weight is 335 g/mol. The third-order valence-corrected chi connectivity index (χ3v) is 4.00. The van der Waals surface area contributed by atoms with E-state index in [9.17, 15) is 4.79 Å². The molecule has 1 saturated heterocycles. The largest absolute Gasteiger partial charge is 0.375 e. The zero-order chi connectivity index (χ0) is 16.1. The molecule has 3 N–H and O–H groups in total. The summed E-state index contributed by atoms with van der Waals surface area (Å²) in [7, 11) is 0. The van der Waals surface area contributed by atoms with Crippen LogP contribution in [0.2, 0.25) is 5.02 Å². The van der Waals surface area contributed by atoms with E-state index in [2.05, 4.69) is 20.8 Å². The first-order valence-electron chi connectivity index (χ1n) is 7.59. The van der Waals surface area contributed by atoms with Crippen LogP contribution in [0.15, 0.2) is 30.5 Å². The van der Waals surface area contributed by atoms with Crippen LogP contribution in [-0.2, 0) is 16.1 Å². The van der Waals surface area contributed by atoms with E-state index in [0.29, 0.717) is 24.6 Å². The number of H-pyrrole nitrogens is 1. The van der Waals surface area contributed by atoms with Gasteiger partial charge in [0, 0.05) is 30.2 Å². The van der Waals surface area contributed by atoms with Crippen LogP contribution in [0.5, 0.6) is 0 Å². The van der Waals surface area contributed by atoms with Gasteiger partial charge in [-0.25, -0.2) is 0 Å². The number of hydrogen-bond donors (Lipinski definition) is 3. The van der Waals surface area contributed by atoms with E-state index in [0.717, 1.165) is 29.9 Å². The lowest BCUT2D eigenvalue weighted by Gasteiger charge is -2.23. The Labute approximate surface area is 139 Å². The number of amides is 1. The zero-order valence-corrected chi connectivity index (χ0v) is 13.4. The van der Waals surface area contributed by atoms with E-state index in [4.69, 9.17) is 16.3 Å². The third-order valence-electron chi connectivity index (χ3n) is 3.74. The van der Waals surface area contributed by atoms with Gasteiger partial charge in [0.2, 0.25) is 5.91 Å². The summed E-state index contributed by atoms with van der Waals surface area (Å²) in [5.41, 5.74) is 2.80. The summed E-state index contributed by atoms with van der Waals surface area (Å²) in [5, 5.41) is 13.9. The number of nitrogens with one attached hydrogen (secondary N) is 3. The van der Waals surface area contributed by atoms with E-state index in [1.54, 1.807) is 6.20 Å². The van der Waals surface area contributed by atoms with E-state index < -0.39 is 0 Å². The molecule has 3 rings (SSSR count). The summed E-state index contributed by atoms with van der Waals surface area (Å²) in [6, 6.07) is 7.49. The normalized spacial score (nSPS) is 17.9. The average Bonchev–Trinajstić information content (AvgIpc) is 3.03. The second-order valence-corrected chi connectivity index (χ2v) is 5.89. The van der Waals surface area contributed by atoms with Gasteiger partial charge in [0.05, 0.1) is 31.0 Å². The molecule has 0 unspecified atom stereocenters. The van der Waals surface area contributed by atoms with Gasteiger partial charge in [0.15, 0.2) is 0 Å². The fourth-order valence-electron chi connectivity index (χ4n) is 2.54. The molecule has 1 aliphatic rings. The Morgan fingerprint density at radius 1 is 1.39 bits per heavy atom. The highest BCUT2D eigenvalue weighted by Gasteiger charge is 2.17. The molecule has 6 nitrogen and oxygen atoms in total. The first-order chi connectivity index (χ1) is 11.2. The smallest absolute Gasteiger partial charge is 0.222 e. The molecule has 1 amide bonds. The van der Waals surface area contributed by atoms with Crippen molar-refractivity contribution < 1.29 is 9.53 Å². The van der Waals surface area contributed by atoms with Crippen LogP contribution in [0.3, 0.4) is 0 Å². The number of halogens is 1. The summed E-state index contributed by atoms with van der Waals surface area (Å²) in [6.45, 7) is 2.64. The molecule has 1 fully saturated rings. The van der Waals surface area contributed by atoms with Crippen LogP contribution in [0, 0.1) is 0 Å². The fourth-order valence-corrected chi connectivity index (χ4v) is 2.66. The predicted octanol–water partition coefficient (Wildman–Crippen LogP) is 1.72. The van der Waals surface area contributed by atoms with Gasteiger partial charge in [0.1, 0.15) is 0 Å². The van der Waals surface area contributed by atoms with Crippen molar-refractivity contribution in [1.29, 1.82) is 0 Å². The Morgan fingerprint density at radius 3 is 2.96 bits per heavy atom. The van der Waals surface area contributed by atoms with Gasteiger partial charge in [-0.15, -0.1) is 0 Å². The molecule has 2 heterocycles. The number of morpholine rings is 1. The minimum absolute atomic E-state index is 0.0260. The number of nitrogens with zero attached hydrogens (tertiary/aromatic N) is 1. The summed E-state index contributed by atoms with van der Waals surface area (Å²) < 4.78 is 5.54. The van der Waals surface area contributed by atoms with Gasteiger partial charge in [-0.3, -0.25) is 9.89 Å². The predicted molar refractivity (Wildman–Crippen MR) is 88.1 cm³/mol. The summed E-state index contributed by atoms with van der Waals surface area (Å²) >= 11 is 5.91. The lowest BCUT2D eigenvalue weighted by molar-refractivity contribution is -0.124. The van der Waals surface area contributed by atoms with Crippen LogP contribution in [0.4, 0.5) is 0 Å². The van der Waals surface area contributed by atoms with Crippen molar-refractivity contribution in [3.8, 4) is 11.3 Å². The highest BCUT2D eigenvalue weighted by Crippen LogP contribution is 2.22. The number of rotatable bonds is 5. The third kappa shape index (κ3) is 4.31. The zero-order valence-electron chi connectivity index (χ0n) is 12.6. The van der Waals surface area contributed by atoms with Gasteiger partial charge >= 0.3 is 0 Å². The van der Waals surface area contributed by atoms with Crippen LogP contribution >= 0.6 is 11.6 Å². The van der Waals surface area contributed by atoms with Gasteiger partial charge in [-0.1, -0.05) is 23.7 Å². The number of aromatic amines is 1. The molecule has 2 aromatic rings. The lowest BCUT2D eigenvalue weighted by Crippen LogP contribution is -2.41. The molecule has 1 aliphatic heterocycles. The molecule has 0 radical (unpaired) electrons. The van der Waals surface area contributed by atoms with Crippen molar-refractivity contribution in [3.05, 3.63) is 41.0 Å². The van der Waals surface area contributed by atoms with Crippen molar-refractivity contribution in [3.63, 3.8) is 0 Å². The maximum atomic E-state index is 12.0. The molecule has 23 heavy (non-hydrogen) atoms. The second kappa shape index (κ2) is 7.59. The van der Waals surface area contributed by atoms with Crippen molar-refractivity contribution in [2.45, 2.75) is 19.1 Å². The number of benzene rings is 1. The minimum atomic E-state index is -0.0520. The van der Waals surface area contributed by atoms with Crippen molar-refractivity contribution in [2.75, 3.05) is 19.7 Å². The number of carbonyl (C=O) groups is 1. The Bertz CT molecular complexity index is 650. The first-order valence-corrected chi connectivity index (χ1v) is 7.97. The molecule has 1 aromatic carbocycles. The van der Waals surface area contributed by atoms with E-state index in [1.807, 2.05) is 24.3 Å². The quantitative estimate of drug-likeness (QED) is 0.778. The van der Waals surface area contributed by atoms with Crippen LogP contribution in [0.1, 0.15) is 12.0 Å². The van der Waals surface area contributed by atoms with Gasteiger partial charge in [0.25, 0.3) is 0 Å². The molecular formula is C16H19ClN4O2. The number of carbonyl (C=O) groups excluding carboxylic acids is 1. The lowest BCUT2D eigenvalue weighted by atomic mass is 10.1. The number of ether oxygens (including phenoxy) is 1. The van der Waals surface area contributed by atoms with Crippen molar-refractivity contribution >= 4 is 17.5 Å². The number of aromatic nitrogens is 2. The summed E-state index contributed by atoms with van der Waals surface area (Å²) in [6.07, 6.45) is 2.04. The molecule has 1 aromatic heterocycles. The van der Waals surface area contributed by atoms with E-state index in [-0.39, 0.29) is 12.0 Å². The highest BCUT2D eigenvalue weighted by atomic mass is 35.5.